The Bertz CT molecular complexity index is 608. The Morgan fingerprint density at radius 2 is 2.32 bits per heavy atom. The van der Waals surface area contributed by atoms with Crippen molar-refractivity contribution in [3.63, 3.8) is 0 Å². The van der Waals surface area contributed by atoms with Gasteiger partial charge in [-0.2, -0.15) is 0 Å². The standard InChI is InChI=1S/C14H15N3OS/c1-10-16-12(9-19-10)8-15-14(18)17-7-6-11-4-2-3-5-13(11)17/h2-5,9H,6-8H2,1H3,(H,15,18). The fourth-order valence-electron chi connectivity index (χ4n) is 2.30. The summed E-state index contributed by atoms with van der Waals surface area (Å²) >= 11 is 1.60. The Labute approximate surface area is 116 Å². The minimum Gasteiger partial charge on any atom is -0.332 e. The first kappa shape index (κ1) is 12.2. The van der Waals surface area contributed by atoms with Gasteiger partial charge in [0.2, 0.25) is 0 Å². The SMILES string of the molecule is Cc1nc(CNC(=O)N2CCc3ccccc32)cs1. The van der Waals surface area contributed by atoms with Crippen LogP contribution in [0, 0.1) is 6.92 Å². The molecule has 0 bridgehead atoms. The molecule has 4 nitrogen and oxygen atoms in total. The molecular weight excluding hydrogens is 258 g/mol. The summed E-state index contributed by atoms with van der Waals surface area (Å²) in [7, 11) is 0. The molecule has 0 radical (unpaired) electrons. The van der Waals surface area contributed by atoms with Gasteiger partial charge >= 0.3 is 6.03 Å². The number of aromatic nitrogens is 1. The number of thiazole rings is 1. The number of amides is 2. The molecule has 0 saturated heterocycles. The number of anilines is 1. The third kappa shape index (κ3) is 2.46. The molecule has 19 heavy (non-hydrogen) atoms. The van der Waals surface area contributed by atoms with Gasteiger partial charge in [-0.3, -0.25) is 4.90 Å². The summed E-state index contributed by atoms with van der Waals surface area (Å²) in [6, 6.07) is 8.00. The van der Waals surface area contributed by atoms with Crippen molar-refractivity contribution < 1.29 is 4.79 Å². The second-order valence-electron chi connectivity index (χ2n) is 4.55. The van der Waals surface area contributed by atoms with E-state index in [4.69, 9.17) is 0 Å². The van der Waals surface area contributed by atoms with E-state index in [2.05, 4.69) is 16.4 Å². The molecule has 0 aliphatic carbocycles. The normalized spacial score (nSPS) is 13.4. The summed E-state index contributed by atoms with van der Waals surface area (Å²) in [5.41, 5.74) is 3.18. The van der Waals surface area contributed by atoms with E-state index in [-0.39, 0.29) is 6.03 Å². The van der Waals surface area contributed by atoms with Gasteiger partial charge < -0.3 is 5.32 Å². The molecule has 2 amide bonds. The van der Waals surface area contributed by atoms with Crippen molar-refractivity contribution in [3.8, 4) is 0 Å². The van der Waals surface area contributed by atoms with Crippen LogP contribution in [-0.2, 0) is 13.0 Å². The van der Waals surface area contributed by atoms with Crippen molar-refractivity contribution in [1.82, 2.24) is 10.3 Å². The fourth-order valence-corrected chi connectivity index (χ4v) is 2.91. The monoisotopic (exact) mass is 273 g/mol. The minimum absolute atomic E-state index is 0.0457. The van der Waals surface area contributed by atoms with Gasteiger partial charge in [0.1, 0.15) is 0 Å². The van der Waals surface area contributed by atoms with Crippen LogP contribution in [0.5, 0.6) is 0 Å². The maximum absolute atomic E-state index is 12.2. The average molecular weight is 273 g/mol. The Morgan fingerprint density at radius 1 is 1.47 bits per heavy atom. The third-order valence-corrected chi connectivity index (χ3v) is 4.04. The van der Waals surface area contributed by atoms with E-state index in [1.165, 1.54) is 5.56 Å². The molecule has 1 aromatic carbocycles. The Hall–Kier alpha value is -1.88. The molecule has 0 unspecified atom stereocenters. The fraction of sp³-hybridized carbons (Fsp3) is 0.286. The molecule has 0 saturated carbocycles. The molecule has 0 spiro atoms. The average Bonchev–Trinajstić information content (AvgIpc) is 3.02. The van der Waals surface area contributed by atoms with Crippen LogP contribution in [0.15, 0.2) is 29.6 Å². The number of urea groups is 1. The molecule has 0 fully saturated rings. The number of aryl methyl sites for hydroxylation is 1. The molecule has 1 N–H and O–H groups in total. The molecule has 0 atom stereocenters. The zero-order chi connectivity index (χ0) is 13.2. The second-order valence-corrected chi connectivity index (χ2v) is 5.61. The van der Waals surface area contributed by atoms with E-state index in [0.29, 0.717) is 6.54 Å². The number of para-hydroxylation sites is 1. The van der Waals surface area contributed by atoms with E-state index in [0.717, 1.165) is 29.4 Å². The minimum atomic E-state index is -0.0457. The summed E-state index contributed by atoms with van der Waals surface area (Å²) in [6.45, 7) is 3.20. The summed E-state index contributed by atoms with van der Waals surface area (Å²) in [4.78, 5) is 18.3. The van der Waals surface area contributed by atoms with Crippen LogP contribution in [0.25, 0.3) is 0 Å². The van der Waals surface area contributed by atoms with E-state index < -0.39 is 0 Å². The molecule has 98 valence electrons. The molecule has 1 aromatic heterocycles. The van der Waals surface area contributed by atoms with E-state index >= 15 is 0 Å². The van der Waals surface area contributed by atoms with Gasteiger partial charge in [-0.25, -0.2) is 9.78 Å². The van der Waals surface area contributed by atoms with Gasteiger partial charge in [-0.15, -0.1) is 11.3 Å². The van der Waals surface area contributed by atoms with Gasteiger partial charge in [-0.05, 0) is 25.0 Å². The zero-order valence-electron chi connectivity index (χ0n) is 10.7. The lowest BCUT2D eigenvalue weighted by atomic mass is 10.2. The van der Waals surface area contributed by atoms with Gasteiger partial charge in [0, 0.05) is 17.6 Å². The Kier molecular flexibility index (Phi) is 3.21. The number of fused-ring (bicyclic) bond motifs is 1. The van der Waals surface area contributed by atoms with E-state index in [1.807, 2.05) is 30.5 Å². The lowest BCUT2D eigenvalue weighted by Crippen LogP contribution is -2.38. The number of carbonyl (C=O) groups is 1. The maximum Gasteiger partial charge on any atom is 0.322 e. The third-order valence-electron chi connectivity index (χ3n) is 3.22. The highest BCUT2D eigenvalue weighted by Gasteiger charge is 2.23. The van der Waals surface area contributed by atoms with Crippen LogP contribution in [0.2, 0.25) is 0 Å². The highest BCUT2D eigenvalue weighted by Crippen LogP contribution is 2.27. The van der Waals surface area contributed by atoms with Crippen molar-refractivity contribution in [1.29, 1.82) is 0 Å². The van der Waals surface area contributed by atoms with Gasteiger partial charge in [0.25, 0.3) is 0 Å². The quantitative estimate of drug-likeness (QED) is 0.914. The second kappa shape index (κ2) is 5.01. The van der Waals surface area contributed by atoms with Crippen LogP contribution >= 0.6 is 11.3 Å². The molecule has 5 heteroatoms. The van der Waals surface area contributed by atoms with Crippen LogP contribution in [0.4, 0.5) is 10.5 Å². The highest BCUT2D eigenvalue weighted by atomic mass is 32.1. The van der Waals surface area contributed by atoms with Crippen LogP contribution in [-0.4, -0.2) is 17.6 Å². The Balaban J connectivity index is 1.66. The predicted octanol–water partition coefficient (Wildman–Crippen LogP) is 2.72. The summed E-state index contributed by atoms with van der Waals surface area (Å²) in [5, 5.41) is 5.93. The topological polar surface area (TPSA) is 45.2 Å². The summed E-state index contributed by atoms with van der Waals surface area (Å²) in [5.74, 6) is 0. The Morgan fingerprint density at radius 3 is 3.11 bits per heavy atom. The number of carbonyl (C=O) groups excluding carboxylic acids is 1. The van der Waals surface area contributed by atoms with Gasteiger partial charge in [0.15, 0.2) is 0 Å². The lowest BCUT2D eigenvalue weighted by molar-refractivity contribution is 0.246. The number of hydrogen-bond donors (Lipinski definition) is 1. The first-order chi connectivity index (χ1) is 9.24. The van der Waals surface area contributed by atoms with E-state index in [9.17, 15) is 4.79 Å². The van der Waals surface area contributed by atoms with Crippen LogP contribution in [0.3, 0.4) is 0 Å². The maximum atomic E-state index is 12.2. The van der Waals surface area contributed by atoms with Crippen molar-refractivity contribution in [2.75, 3.05) is 11.4 Å². The first-order valence-electron chi connectivity index (χ1n) is 6.28. The van der Waals surface area contributed by atoms with Crippen molar-refractivity contribution in [2.45, 2.75) is 19.9 Å². The smallest absolute Gasteiger partial charge is 0.322 e. The first-order valence-corrected chi connectivity index (χ1v) is 7.16. The van der Waals surface area contributed by atoms with Crippen LogP contribution < -0.4 is 10.2 Å². The number of benzene rings is 1. The summed E-state index contributed by atoms with van der Waals surface area (Å²) in [6.07, 6.45) is 0.930. The van der Waals surface area contributed by atoms with Crippen molar-refractivity contribution in [3.05, 3.63) is 45.9 Å². The molecule has 2 heterocycles. The van der Waals surface area contributed by atoms with Gasteiger partial charge in [-0.1, -0.05) is 18.2 Å². The highest BCUT2D eigenvalue weighted by molar-refractivity contribution is 7.09. The molecule has 2 aromatic rings. The molecule has 1 aliphatic heterocycles. The number of rotatable bonds is 2. The van der Waals surface area contributed by atoms with Crippen molar-refractivity contribution in [2.24, 2.45) is 0 Å². The number of nitrogens with one attached hydrogen (secondary N) is 1. The van der Waals surface area contributed by atoms with Gasteiger partial charge in [0.05, 0.1) is 17.2 Å². The number of nitrogens with zero attached hydrogens (tertiary/aromatic N) is 2. The predicted molar refractivity (Wildman–Crippen MR) is 76.6 cm³/mol. The van der Waals surface area contributed by atoms with Crippen molar-refractivity contribution >= 4 is 23.1 Å². The molecule has 3 rings (SSSR count). The van der Waals surface area contributed by atoms with E-state index in [1.54, 1.807) is 16.2 Å². The molecule has 1 aliphatic rings. The zero-order valence-corrected chi connectivity index (χ0v) is 11.5. The number of hydrogen-bond acceptors (Lipinski definition) is 3. The lowest BCUT2D eigenvalue weighted by Gasteiger charge is -2.17. The molecular formula is C14H15N3OS. The largest absolute Gasteiger partial charge is 0.332 e. The summed E-state index contributed by atoms with van der Waals surface area (Å²) < 4.78 is 0. The van der Waals surface area contributed by atoms with Crippen LogP contribution in [0.1, 0.15) is 16.3 Å².